The van der Waals surface area contributed by atoms with Crippen LogP contribution in [0.4, 0.5) is 17.1 Å². The second kappa shape index (κ2) is 7.49. The molecule has 0 saturated carbocycles. The lowest BCUT2D eigenvalue weighted by atomic mass is 9.73. The van der Waals surface area contributed by atoms with E-state index in [1.807, 2.05) is 16.5 Å². The molecular weight excluding hydrogens is 470 g/mol. The van der Waals surface area contributed by atoms with Crippen molar-refractivity contribution < 1.29 is 0 Å². The van der Waals surface area contributed by atoms with E-state index in [4.69, 9.17) is 0 Å². The fourth-order valence-corrected chi connectivity index (χ4v) is 5.97. The quantitative estimate of drug-likeness (QED) is 0.268. The summed E-state index contributed by atoms with van der Waals surface area (Å²) >= 11 is 0. The van der Waals surface area contributed by atoms with Crippen molar-refractivity contribution in [2.24, 2.45) is 0 Å². The fraction of sp³-hybridized carbons (Fsp3) is 0.0968. The molecule has 7 aromatic rings. The zero-order valence-electron chi connectivity index (χ0n) is 20.9. The van der Waals surface area contributed by atoms with Gasteiger partial charge in [0, 0.05) is 16.7 Å². The van der Waals surface area contributed by atoms with Crippen molar-refractivity contribution in [3.8, 4) is 11.4 Å². The number of para-hydroxylation sites is 4. The Morgan fingerprint density at radius 1 is 0.605 bits per heavy atom. The molecule has 4 aromatic carbocycles. The Balaban J connectivity index is 1.31. The van der Waals surface area contributed by atoms with Crippen LogP contribution in [0.2, 0.25) is 0 Å². The van der Waals surface area contributed by atoms with Gasteiger partial charge in [-0.15, -0.1) is 20.4 Å². The molecule has 0 aliphatic carbocycles. The molecule has 0 unspecified atom stereocenters. The minimum absolute atomic E-state index is 0.0852. The SMILES string of the molecule is CC1(C)c2ccccc2N(c2ccc(-c3nnc4c5nncn5c5ccccc5n34)cc2)c2ccccc21. The predicted octanol–water partition coefficient (Wildman–Crippen LogP) is 6.70. The van der Waals surface area contributed by atoms with Gasteiger partial charge in [0.1, 0.15) is 6.33 Å². The topological polar surface area (TPSA) is 63.6 Å². The van der Waals surface area contributed by atoms with E-state index in [1.54, 1.807) is 6.33 Å². The van der Waals surface area contributed by atoms with E-state index < -0.39 is 0 Å². The molecule has 182 valence electrons. The predicted molar refractivity (Wildman–Crippen MR) is 149 cm³/mol. The van der Waals surface area contributed by atoms with Crippen molar-refractivity contribution in [3.05, 3.63) is 115 Å². The van der Waals surface area contributed by atoms with Gasteiger partial charge in [-0.3, -0.25) is 8.80 Å². The Bertz CT molecular complexity index is 1960. The Morgan fingerprint density at radius 2 is 1.24 bits per heavy atom. The van der Waals surface area contributed by atoms with Gasteiger partial charge in [-0.1, -0.05) is 62.4 Å². The maximum Gasteiger partial charge on any atom is 0.207 e. The molecule has 0 atom stereocenters. The van der Waals surface area contributed by atoms with Gasteiger partial charge in [0.25, 0.3) is 0 Å². The van der Waals surface area contributed by atoms with E-state index in [2.05, 4.69) is 128 Å². The molecule has 0 N–H and O–H groups in total. The molecular formula is C31H23N7. The van der Waals surface area contributed by atoms with Crippen LogP contribution in [-0.2, 0) is 5.41 Å². The highest BCUT2D eigenvalue weighted by atomic mass is 15.3. The molecule has 7 nitrogen and oxygen atoms in total. The number of aromatic nitrogens is 6. The molecule has 0 spiro atoms. The van der Waals surface area contributed by atoms with Crippen molar-refractivity contribution in [1.82, 2.24) is 29.2 Å². The molecule has 7 heteroatoms. The summed E-state index contributed by atoms with van der Waals surface area (Å²) in [6.07, 6.45) is 1.72. The second-order valence-corrected chi connectivity index (χ2v) is 10.2. The number of anilines is 3. The van der Waals surface area contributed by atoms with E-state index in [-0.39, 0.29) is 5.41 Å². The van der Waals surface area contributed by atoms with Crippen LogP contribution in [0.25, 0.3) is 33.7 Å². The standard InChI is InChI=1S/C31H23N7/c1-31(2)22-9-3-5-11-24(22)37(25-12-6-4-10-23(25)31)21-17-15-20(16-18-21)28-34-35-30-29-33-32-19-36(29)26-13-7-8-14-27(26)38(28)30/h3-19H,1-2H3. The van der Waals surface area contributed by atoms with Crippen LogP contribution in [0, 0.1) is 0 Å². The molecule has 0 radical (unpaired) electrons. The van der Waals surface area contributed by atoms with Gasteiger partial charge in [0.05, 0.1) is 22.4 Å². The van der Waals surface area contributed by atoms with Crippen LogP contribution in [0.15, 0.2) is 103 Å². The highest BCUT2D eigenvalue weighted by Gasteiger charge is 2.36. The molecule has 0 amide bonds. The summed E-state index contributed by atoms with van der Waals surface area (Å²) in [5.74, 6) is 0.772. The van der Waals surface area contributed by atoms with Crippen LogP contribution < -0.4 is 4.90 Å². The van der Waals surface area contributed by atoms with Crippen LogP contribution in [-0.4, -0.2) is 29.2 Å². The normalized spacial score (nSPS) is 14.2. The first-order chi connectivity index (χ1) is 18.6. The van der Waals surface area contributed by atoms with Gasteiger partial charge in [-0.05, 0) is 59.7 Å². The monoisotopic (exact) mass is 493 g/mol. The van der Waals surface area contributed by atoms with Crippen molar-refractivity contribution in [3.63, 3.8) is 0 Å². The number of benzene rings is 4. The summed E-state index contributed by atoms with van der Waals surface area (Å²) in [4.78, 5) is 2.36. The highest BCUT2D eigenvalue weighted by Crippen LogP contribution is 2.51. The maximum atomic E-state index is 4.60. The third kappa shape index (κ3) is 2.73. The van der Waals surface area contributed by atoms with E-state index >= 15 is 0 Å². The van der Waals surface area contributed by atoms with Gasteiger partial charge in [-0.25, -0.2) is 0 Å². The van der Waals surface area contributed by atoms with Crippen molar-refractivity contribution in [2.75, 3.05) is 4.90 Å². The molecule has 3 aromatic heterocycles. The summed E-state index contributed by atoms with van der Waals surface area (Å²) < 4.78 is 4.03. The van der Waals surface area contributed by atoms with Crippen molar-refractivity contribution in [1.29, 1.82) is 0 Å². The Kier molecular flexibility index (Phi) is 4.15. The van der Waals surface area contributed by atoms with Crippen LogP contribution in [0.5, 0.6) is 0 Å². The Labute approximate surface area is 218 Å². The molecule has 1 aliphatic rings. The van der Waals surface area contributed by atoms with E-state index in [9.17, 15) is 0 Å². The highest BCUT2D eigenvalue weighted by molar-refractivity contribution is 5.89. The molecule has 0 saturated heterocycles. The Hall–Kier alpha value is -5.04. The lowest BCUT2D eigenvalue weighted by Gasteiger charge is -2.42. The van der Waals surface area contributed by atoms with E-state index in [1.165, 1.54) is 22.5 Å². The number of hydrogen-bond acceptors (Lipinski definition) is 5. The third-order valence-corrected chi connectivity index (χ3v) is 7.81. The molecule has 0 fully saturated rings. The number of nitrogens with zero attached hydrogens (tertiary/aromatic N) is 7. The van der Waals surface area contributed by atoms with Crippen molar-refractivity contribution >= 4 is 39.4 Å². The van der Waals surface area contributed by atoms with Gasteiger partial charge in [0.2, 0.25) is 11.3 Å². The van der Waals surface area contributed by atoms with Crippen molar-refractivity contribution in [2.45, 2.75) is 19.3 Å². The van der Waals surface area contributed by atoms with Crippen LogP contribution >= 0.6 is 0 Å². The average molecular weight is 494 g/mol. The number of fused-ring (bicyclic) bond motifs is 8. The molecule has 38 heavy (non-hydrogen) atoms. The summed E-state index contributed by atoms with van der Waals surface area (Å²) in [7, 11) is 0. The minimum atomic E-state index is -0.0852. The summed E-state index contributed by atoms with van der Waals surface area (Å²) in [5.41, 5.74) is 10.4. The fourth-order valence-electron chi connectivity index (χ4n) is 5.97. The van der Waals surface area contributed by atoms with Crippen LogP contribution in [0.3, 0.4) is 0 Å². The first-order valence-corrected chi connectivity index (χ1v) is 12.7. The summed E-state index contributed by atoms with van der Waals surface area (Å²) in [6, 6.07) is 34.1. The molecule has 4 heterocycles. The molecule has 1 aliphatic heterocycles. The lowest BCUT2D eigenvalue weighted by Crippen LogP contribution is -2.30. The molecule has 0 bridgehead atoms. The minimum Gasteiger partial charge on any atom is -0.310 e. The number of hydrogen-bond donors (Lipinski definition) is 0. The smallest absolute Gasteiger partial charge is 0.207 e. The van der Waals surface area contributed by atoms with Gasteiger partial charge < -0.3 is 4.90 Å². The van der Waals surface area contributed by atoms with E-state index in [0.29, 0.717) is 11.3 Å². The van der Waals surface area contributed by atoms with Gasteiger partial charge in [0.15, 0.2) is 5.82 Å². The zero-order chi connectivity index (χ0) is 25.4. The first kappa shape index (κ1) is 21.1. The first-order valence-electron chi connectivity index (χ1n) is 12.7. The van der Waals surface area contributed by atoms with Crippen LogP contribution in [0.1, 0.15) is 25.0 Å². The second-order valence-electron chi connectivity index (χ2n) is 10.2. The molecule has 8 rings (SSSR count). The average Bonchev–Trinajstić information content (AvgIpc) is 3.62. The summed E-state index contributed by atoms with van der Waals surface area (Å²) in [5, 5.41) is 17.5. The maximum absolute atomic E-state index is 4.60. The third-order valence-electron chi connectivity index (χ3n) is 7.81. The number of rotatable bonds is 2. The largest absolute Gasteiger partial charge is 0.310 e. The Morgan fingerprint density at radius 3 is 1.95 bits per heavy atom. The van der Waals surface area contributed by atoms with E-state index in [0.717, 1.165) is 28.1 Å². The zero-order valence-corrected chi connectivity index (χ0v) is 20.9. The lowest BCUT2D eigenvalue weighted by molar-refractivity contribution is 0.632. The van der Waals surface area contributed by atoms with Gasteiger partial charge in [-0.2, -0.15) is 0 Å². The summed E-state index contributed by atoms with van der Waals surface area (Å²) in [6.45, 7) is 4.61. The van der Waals surface area contributed by atoms with Gasteiger partial charge >= 0.3 is 0 Å².